The molecule has 7 nitrogen and oxygen atoms in total. The Morgan fingerprint density at radius 1 is 1.38 bits per heavy atom. The number of likely N-dealkylation sites (tertiary alicyclic amines) is 1. The molecular weight excluding hydrogens is 426 g/mol. The molecular formula is C24H34ClN5O2. The van der Waals surface area contributed by atoms with E-state index in [1.807, 2.05) is 50.3 Å². The standard InChI is InChI=1S/C24H34ClN5O2/c1-24(2,3)32-23(31)30-11-4-5-17(9-12-30)8-10-27-15-19(14-26)18-13-21-20(28-16-18)6-7-22(25)29-21/h7,13-17,20H,4-6,8-12,26H2,1-3H3. The minimum Gasteiger partial charge on any atom is -0.444 e. The van der Waals surface area contributed by atoms with Crippen LogP contribution in [0.3, 0.4) is 0 Å². The zero-order valence-corrected chi connectivity index (χ0v) is 20.0. The molecule has 2 N–H and O–H groups in total. The zero-order chi connectivity index (χ0) is 23.1. The first-order valence-corrected chi connectivity index (χ1v) is 11.7. The summed E-state index contributed by atoms with van der Waals surface area (Å²) in [5.74, 6) is 0.548. The Morgan fingerprint density at radius 3 is 2.94 bits per heavy atom. The Kier molecular flexibility index (Phi) is 8.29. The van der Waals surface area contributed by atoms with E-state index >= 15 is 0 Å². The van der Waals surface area contributed by atoms with Crippen molar-refractivity contribution in [2.24, 2.45) is 26.6 Å². The lowest BCUT2D eigenvalue weighted by Gasteiger charge is -2.26. The van der Waals surface area contributed by atoms with Gasteiger partial charge in [-0.2, -0.15) is 0 Å². The Bertz CT molecular complexity index is 879. The van der Waals surface area contributed by atoms with Crippen molar-refractivity contribution < 1.29 is 9.53 Å². The normalized spacial score (nSPS) is 24.4. The van der Waals surface area contributed by atoms with Crippen molar-refractivity contribution >= 4 is 35.8 Å². The Labute approximate surface area is 195 Å². The average molecular weight is 460 g/mol. The molecule has 174 valence electrons. The third-order valence-corrected chi connectivity index (χ3v) is 5.93. The third-order valence-electron chi connectivity index (χ3n) is 5.69. The molecule has 0 aromatic carbocycles. The molecule has 0 radical (unpaired) electrons. The lowest BCUT2D eigenvalue weighted by molar-refractivity contribution is 0.0255. The predicted octanol–water partition coefficient (Wildman–Crippen LogP) is 4.63. The maximum atomic E-state index is 12.3. The number of carbonyl (C=O) groups excluding carboxylic acids is 1. The molecule has 0 aromatic rings. The van der Waals surface area contributed by atoms with Gasteiger partial charge in [-0.3, -0.25) is 9.98 Å². The van der Waals surface area contributed by atoms with Gasteiger partial charge in [0.25, 0.3) is 0 Å². The highest BCUT2D eigenvalue weighted by Crippen LogP contribution is 2.24. The molecule has 3 rings (SSSR count). The van der Waals surface area contributed by atoms with Crippen molar-refractivity contribution in [3.8, 4) is 0 Å². The van der Waals surface area contributed by atoms with Gasteiger partial charge < -0.3 is 15.4 Å². The first-order chi connectivity index (χ1) is 15.2. The summed E-state index contributed by atoms with van der Waals surface area (Å²) < 4.78 is 5.51. The fraction of sp³-hybridized carbons (Fsp3) is 0.583. The molecule has 2 unspecified atom stereocenters. The summed E-state index contributed by atoms with van der Waals surface area (Å²) in [6.07, 6.45) is 13.7. The molecule has 3 heterocycles. The number of rotatable bonds is 5. The number of amides is 1. The minimum atomic E-state index is -0.461. The van der Waals surface area contributed by atoms with Crippen LogP contribution in [0.2, 0.25) is 0 Å². The fourth-order valence-electron chi connectivity index (χ4n) is 3.96. The lowest BCUT2D eigenvalue weighted by Crippen LogP contribution is -2.37. The van der Waals surface area contributed by atoms with E-state index in [1.54, 1.807) is 6.20 Å². The molecule has 0 saturated carbocycles. The number of ether oxygens (including phenoxy) is 1. The van der Waals surface area contributed by atoms with Crippen LogP contribution in [-0.2, 0) is 4.74 Å². The summed E-state index contributed by atoms with van der Waals surface area (Å²) in [6, 6.07) is 0.0349. The van der Waals surface area contributed by atoms with E-state index in [1.165, 1.54) is 0 Å². The van der Waals surface area contributed by atoms with Crippen molar-refractivity contribution in [1.82, 2.24) is 4.90 Å². The van der Waals surface area contributed by atoms with Gasteiger partial charge in [-0.05, 0) is 70.9 Å². The summed E-state index contributed by atoms with van der Waals surface area (Å²) in [4.78, 5) is 27.7. The largest absolute Gasteiger partial charge is 0.444 e. The Morgan fingerprint density at radius 2 is 2.19 bits per heavy atom. The first-order valence-electron chi connectivity index (χ1n) is 11.3. The molecule has 32 heavy (non-hydrogen) atoms. The molecule has 0 aliphatic carbocycles. The van der Waals surface area contributed by atoms with Crippen LogP contribution in [0.25, 0.3) is 0 Å². The molecule has 2 atom stereocenters. The number of halogens is 1. The van der Waals surface area contributed by atoms with Crippen LogP contribution in [0.1, 0.15) is 52.9 Å². The topological polar surface area (TPSA) is 92.6 Å². The molecule has 3 aliphatic rings. The van der Waals surface area contributed by atoms with Crippen LogP contribution >= 0.6 is 11.6 Å². The van der Waals surface area contributed by atoms with E-state index in [2.05, 4.69) is 15.0 Å². The van der Waals surface area contributed by atoms with Crippen molar-refractivity contribution in [3.05, 3.63) is 34.7 Å². The van der Waals surface area contributed by atoms with E-state index in [0.717, 1.165) is 68.6 Å². The SMILES string of the molecule is CC(C)(C)OC(=O)N1CCCC(CCN=CC(=CN)C2=CC3=NC(Cl)=CCC3N=C2)CC1. The lowest BCUT2D eigenvalue weighted by atomic mass is 9.97. The van der Waals surface area contributed by atoms with Gasteiger partial charge in [0.15, 0.2) is 0 Å². The molecule has 0 bridgehead atoms. The molecule has 1 saturated heterocycles. The van der Waals surface area contributed by atoms with E-state index < -0.39 is 5.60 Å². The second-order valence-corrected chi connectivity index (χ2v) is 9.79. The zero-order valence-electron chi connectivity index (χ0n) is 19.3. The van der Waals surface area contributed by atoms with E-state index in [4.69, 9.17) is 22.1 Å². The van der Waals surface area contributed by atoms with Crippen LogP contribution in [-0.4, -0.2) is 60.4 Å². The first kappa shape index (κ1) is 24.2. The van der Waals surface area contributed by atoms with Gasteiger partial charge in [-0.1, -0.05) is 11.6 Å². The maximum Gasteiger partial charge on any atom is 0.410 e. The van der Waals surface area contributed by atoms with Crippen molar-refractivity contribution in [3.63, 3.8) is 0 Å². The van der Waals surface area contributed by atoms with Crippen molar-refractivity contribution in [1.29, 1.82) is 0 Å². The highest BCUT2D eigenvalue weighted by atomic mass is 35.5. The molecule has 3 aliphatic heterocycles. The number of dihydropyridines is 1. The van der Waals surface area contributed by atoms with Crippen LogP contribution in [0.5, 0.6) is 0 Å². The maximum absolute atomic E-state index is 12.3. The highest BCUT2D eigenvalue weighted by Gasteiger charge is 2.25. The Hall–Kier alpha value is -2.41. The highest BCUT2D eigenvalue weighted by molar-refractivity contribution is 6.31. The Balaban J connectivity index is 1.48. The quantitative estimate of drug-likeness (QED) is 0.479. The van der Waals surface area contributed by atoms with E-state index in [-0.39, 0.29) is 12.1 Å². The van der Waals surface area contributed by atoms with Gasteiger partial charge in [0.1, 0.15) is 10.8 Å². The summed E-state index contributed by atoms with van der Waals surface area (Å²) in [7, 11) is 0. The summed E-state index contributed by atoms with van der Waals surface area (Å²) >= 11 is 6.04. The monoisotopic (exact) mass is 459 g/mol. The number of aliphatic imine (C=N–C) groups is 3. The molecule has 1 fully saturated rings. The minimum absolute atomic E-state index is 0.0349. The average Bonchev–Trinajstić information content (AvgIpc) is 2.98. The van der Waals surface area contributed by atoms with Crippen LogP contribution < -0.4 is 5.73 Å². The molecule has 0 spiro atoms. The predicted molar refractivity (Wildman–Crippen MR) is 132 cm³/mol. The van der Waals surface area contributed by atoms with Crippen LogP contribution in [0, 0.1) is 5.92 Å². The van der Waals surface area contributed by atoms with Gasteiger partial charge in [-0.25, -0.2) is 9.79 Å². The number of fused-ring (bicyclic) bond motifs is 1. The number of hydrogen-bond donors (Lipinski definition) is 1. The summed E-state index contributed by atoms with van der Waals surface area (Å²) in [6.45, 7) is 7.91. The van der Waals surface area contributed by atoms with Crippen molar-refractivity contribution in [2.45, 2.75) is 64.5 Å². The third kappa shape index (κ3) is 7.05. The number of allylic oxidation sites excluding steroid dienone is 2. The second kappa shape index (κ2) is 10.9. The summed E-state index contributed by atoms with van der Waals surface area (Å²) in [5, 5.41) is 0.504. The van der Waals surface area contributed by atoms with Gasteiger partial charge >= 0.3 is 6.09 Å². The molecule has 8 heteroatoms. The smallest absolute Gasteiger partial charge is 0.410 e. The van der Waals surface area contributed by atoms with Gasteiger partial charge in [0, 0.05) is 49.4 Å². The molecule has 0 aromatic heterocycles. The number of nitrogens with two attached hydrogens (primary N) is 1. The number of carbonyl (C=O) groups is 1. The van der Waals surface area contributed by atoms with Gasteiger partial charge in [0.2, 0.25) is 0 Å². The summed E-state index contributed by atoms with van der Waals surface area (Å²) in [5.41, 5.74) is 7.95. The van der Waals surface area contributed by atoms with Crippen LogP contribution in [0.15, 0.2) is 49.6 Å². The van der Waals surface area contributed by atoms with Gasteiger partial charge in [0.05, 0.1) is 11.8 Å². The second-order valence-electron chi connectivity index (χ2n) is 9.40. The van der Waals surface area contributed by atoms with Gasteiger partial charge in [-0.15, -0.1) is 0 Å². The number of nitrogens with zero attached hydrogens (tertiary/aromatic N) is 4. The van der Waals surface area contributed by atoms with Crippen molar-refractivity contribution in [2.75, 3.05) is 19.6 Å². The van der Waals surface area contributed by atoms with Crippen LogP contribution in [0.4, 0.5) is 4.79 Å². The molecule has 1 amide bonds. The van der Waals surface area contributed by atoms with E-state index in [9.17, 15) is 4.79 Å². The fourth-order valence-corrected chi connectivity index (χ4v) is 4.15. The van der Waals surface area contributed by atoms with E-state index in [0.29, 0.717) is 11.1 Å². The number of hydrogen-bond acceptors (Lipinski definition) is 6.